The summed E-state index contributed by atoms with van der Waals surface area (Å²) in [5.41, 5.74) is 2.53. The Labute approximate surface area is 168 Å². The molecule has 1 heterocycles. The minimum absolute atomic E-state index is 0.0742. The van der Waals surface area contributed by atoms with Gasteiger partial charge >= 0.3 is 6.03 Å². The second-order valence-corrected chi connectivity index (χ2v) is 6.74. The van der Waals surface area contributed by atoms with Gasteiger partial charge in [0.1, 0.15) is 5.82 Å². The standard InChI is InChI=1S/C17H14Cl2FN5O3/c18-10-5-6-11(19)14-13(10)17(28,15(26)22-14)7-12(24-25-16(27)23-21)8-1-3-9(20)4-2-8/h1-6,28H,7,21H2,(H,22,26)(H2,23,25,27)/b24-12-. The predicted octanol–water partition coefficient (Wildman–Crippen LogP) is 2.24. The van der Waals surface area contributed by atoms with Gasteiger partial charge in [-0.3, -0.25) is 10.2 Å². The van der Waals surface area contributed by atoms with E-state index in [-0.39, 0.29) is 33.4 Å². The Morgan fingerprint density at radius 3 is 2.50 bits per heavy atom. The van der Waals surface area contributed by atoms with Gasteiger partial charge in [-0.1, -0.05) is 35.3 Å². The predicted molar refractivity (Wildman–Crippen MR) is 102 cm³/mol. The molecule has 3 rings (SSSR count). The van der Waals surface area contributed by atoms with Gasteiger partial charge in [-0.05, 0) is 29.8 Å². The van der Waals surface area contributed by atoms with Crippen molar-refractivity contribution in [2.75, 3.05) is 5.32 Å². The van der Waals surface area contributed by atoms with E-state index < -0.39 is 23.4 Å². The molecular formula is C17H14Cl2FN5O3. The molecule has 8 nitrogen and oxygen atoms in total. The Bertz CT molecular complexity index is 984. The zero-order valence-corrected chi connectivity index (χ0v) is 15.6. The molecule has 1 aliphatic rings. The summed E-state index contributed by atoms with van der Waals surface area (Å²) < 4.78 is 13.3. The van der Waals surface area contributed by atoms with E-state index in [0.29, 0.717) is 5.56 Å². The van der Waals surface area contributed by atoms with Crippen molar-refractivity contribution in [1.29, 1.82) is 0 Å². The molecular weight excluding hydrogens is 412 g/mol. The summed E-state index contributed by atoms with van der Waals surface area (Å²) in [7, 11) is 0. The Hall–Kier alpha value is -2.72. The first-order chi connectivity index (χ1) is 13.3. The van der Waals surface area contributed by atoms with Crippen LogP contribution in [0.4, 0.5) is 14.9 Å². The van der Waals surface area contributed by atoms with E-state index in [4.69, 9.17) is 29.0 Å². The number of halogens is 3. The van der Waals surface area contributed by atoms with Gasteiger partial charge < -0.3 is 10.4 Å². The molecule has 0 aliphatic carbocycles. The van der Waals surface area contributed by atoms with Crippen molar-refractivity contribution >= 4 is 46.5 Å². The van der Waals surface area contributed by atoms with E-state index in [1.165, 1.54) is 36.4 Å². The highest BCUT2D eigenvalue weighted by Gasteiger charge is 2.48. The minimum Gasteiger partial charge on any atom is -0.375 e. The van der Waals surface area contributed by atoms with Gasteiger partial charge in [0.25, 0.3) is 5.91 Å². The van der Waals surface area contributed by atoms with Crippen molar-refractivity contribution in [2.24, 2.45) is 10.9 Å². The molecule has 0 bridgehead atoms. The van der Waals surface area contributed by atoms with Crippen molar-refractivity contribution in [3.63, 3.8) is 0 Å². The van der Waals surface area contributed by atoms with Crippen molar-refractivity contribution in [3.05, 3.63) is 63.4 Å². The van der Waals surface area contributed by atoms with Gasteiger partial charge in [0.2, 0.25) is 0 Å². The van der Waals surface area contributed by atoms with Gasteiger partial charge in [0, 0.05) is 17.0 Å². The highest BCUT2D eigenvalue weighted by atomic mass is 35.5. The summed E-state index contributed by atoms with van der Waals surface area (Å²) in [5.74, 6) is 3.74. The highest BCUT2D eigenvalue weighted by molar-refractivity contribution is 6.38. The van der Waals surface area contributed by atoms with Gasteiger partial charge in [-0.15, -0.1) is 0 Å². The van der Waals surface area contributed by atoms with Crippen LogP contribution in [0.2, 0.25) is 10.0 Å². The number of nitrogens with one attached hydrogen (secondary N) is 3. The lowest BCUT2D eigenvalue weighted by Crippen LogP contribution is -2.40. The van der Waals surface area contributed by atoms with Crippen LogP contribution >= 0.6 is 23.2 Å². The van der Waals surface area contributed by atoms with E-state index in [2.05, 4.69) is 15.8 Å². The van der Waals surface area contributed by atoms with Crippen molar-refractivity contribution in [1.82, 2.24) is 10.9 Å². The number of aliphatic hydroxyl groups is 1. The molecule has 0 spiro atoms. The van der Waals surface area contributed by atoms with Crippen LogP contribution in [0.15, 0.2) is 41.5 Å². The quantitative estimate of drug-likeness (QED) is 0.222. The van der Waals surface area contributed by atoms with E-state index in [1.54, 1.807) is 0 Å². The second kappa shape index (κ2) is 7.72. The summed E-state index contributed by atoms with van der Waals surface area (Å²) in [4.78, 5) is 23.9. The molecule has 0 fully saturated rings. The van der Waals surface area contributed by atoms with Crippen LogP contribution in [-0.4, -0.2) is 22.8 Å². The van der Waals surface area contributed by atoms with Crippen LogP contribution < -0.4 is 22.0 Å². The molecule has 2 aromatic rings. The van der Waals surface area contributed by atoms with Crippen LogP contribution in [0, 0.1) is 5.82 Å². The lowest BCUT2D eigenvalue weighted by atomic mass is 9.87. The Kier molecular flexibility index (Phi) is 5.52. The number of benzene rings is 2. The van der Waals surface area contributed by atoms with E-state index in [0.717, 1.165) is 0 Å². The van der Waals surface area contributed by atoms with Crippen LogP contribution in [0.25, 0.3) is 0 Å². The molecule has 146 valence electrons. The van der Waals surface area contributed by atoms with Crippen LogP contribution in [0.3, 0.4) is 0 Å². The van der Waals surface area contributed by atoms with Crippen molar-refractivity contribution in [3.8, 4) is 0 Å². The van der Waals surface area contributed by atoms with Gasteiger partial charge in [0.05, 0.1) is 16.4 Å². The SMILES string of the molecule is NNC(=O)N/N=C(/CC1(O)C(=O)Nc2c(Cl)ccc(Cl)c21)c1ccc(F)cc1. The molecule has 0 radical (unpaired) electrons. The smallest absolute Gasteiger partial charge is 0.349 e. The summed E-state index contributed by atoms with van der Waals surface area (Å²) in [6.07, 6.45) is -0.387. The number of hydrazone groups is 1. The molecule has 0 saturated carbocycles. The fourth-order valence-corrected chi connectivity index (χ4v) is 3.34. The molecule has 0 aromatic heterocycles. The first kappa shape index (κ1) is 20.0. The zero-order chi connectivity index (χ0) is 20.5. The van der Waals surface area contributed by atoms with Crippen molar-refractivity contribution in [2.45, 2.75) is 12.0 Å². The summed E-state index contributed by atoms with van der Waals surface area (Å²) in [6, 6.07) is 7.21. The summed E-state index contributed by atoms with van der Waals surface area (Å²) in [6.45, 7) is 0. The number of rotatable bonds is 4. The number of hydrogen-bond acceptors (Lipinski definition) is 5. The molecule has 11 heteroatoms. The lowest BCUT2D eigenvalue weighted by molar-refractivity contribution is -0.132. The van der Waals surface area contributed by atoms with E-state index in [1.807, 2.05) is 5.43 Å². The topological polar surface area (TPSA) is 129 Å². The second-order valence-electron chi connectivity index (χ2n) is 5.92. The van der Waals surface area contributed by atoms with Gasteiger partial charge in [-0.25, -0.2) is 20.5 Å². The maximum absolute atomic E-state index is 13.3. The maximum atomic E-state index is 13.3. The van der Waals surface area contributed by atoms with E-state index in [9.17, 15) is 19.1 Å². The molecule has 3 amide bonds. The van der Waals surface area contributed by atoms with Crippen molar-refractivity contribution < 1.29 is 19.1 Å². The number of amides is 3. The molecule has 1 aliphatic heterocycles. The van der Waals surface area contributed by atoms with Gasteiger partial charge in [0.15, 0.2) is 5.60 Å². The molecule has 0 saturated heterocycles. The molecule has 28 heavy (non-hydrogen) atoms. The van der Waals surface area contributed by atoms with Crippen LogP contribution in [0.5, 0.6) is 0 Å². The highest BCUT2D eigenvalue weighted by Crippen LogP contribution is 2.46. The van der Waals surface area contributed by atoms with Crippen LogP contribution in [0.1, 0.15) is 17.5 Å². The number of carbonyl (C=O) groups excluding carboxylic acids is 2. The zero-order valence-electron chi connectivity index (χ0n) is 14.1. The number of nitrogens with two attached hydrogens (primary N) is 1. The Morgan fingerprint density at radius 1 is 1.21 bits per heavy atom. The minimum atomic E-state index is -2.12. The third kappa shape index (κ3) is 3.65. The number of anilines is 1. The summed E-state index contributed by atoms with van der Waals surface area (Å²) in [5, 5.41) is 17.9. The third-order valence-electron chi connectivity index (χ3n) is 4.16. The Balaban J connectivity index is 2.06. The number of hydrogen-bond donors (Lipinski definition) is 5. The average molecular weight is 426 g/mol. The number of fused-ring (bicyclic) bond motifs is 1. The number of nitrogens with zero attached hydrogens (tertiary/aromatic N) is 1. The molecule has 1 atom stereocenters. The fourth-order valence-electron chi connectivity index (χ4n) is 2.82. The number of urea groups is 1. The molecule has 2 aromatic carbocycles. The van der Waals surface area contributed by atoms with E-state index >= 15 is 0 Å². The first-order valence-corrected chi connectivity index (χ1v) is 8.63. The van der Waals surface area contributed by atoms with Gasteiger partial charge in [-0.2, -0.15) is 5.10 Å². The monoisotopic (exact) mass is 425 g/mol. The fraction of sp³-hybridized carbons (Fsp3) is 0.118. The summed E-state index contributed by atoms with van der Waals surface area (Å²) >= 11 is 12.3. The maximum Gasteiger partial charge on any atom is 0.349 e. The molecule has 6 N–H and O–H groups in total. The normalized spacial score (nSPS) is 18.5. The first-order valence-electron chi connectivity index (χ1n) is 7.87. The number of hydrazine groups is 1. The average Bonchev–Trinajstić information content (AvgIpc) is 2.94. The number of carbonyl (C=O) groups is 2. The largest absolute Gasteiger partial charge is 0.375 e. The third-order valence-corrected chi connectivity index (χ3v) is 4.79. The van der Waals surface area contributed by atoms with Crippen LogP contribution in [-0.2, 0) is 10.4 Å². The Morgan fingerprint density at radius 2 is 1.86 bits per heavy atom. The molecule has 1 unspecified atom stereocenters. The lowest BCUT2D eigenvalue weighted by Gasteiger charge is -2.23.